The number of carbonyl (C=O) groups is 1. The molecule has 1 heterocycles. The minimum absolute atomic E-state index is 0.453. The Kier molecular flexibility index (Phi) is 3.46. The molecule has 0 fully saturated rings. The molecule has 0 radical (unpaired) electrons. The van der Waals surface area contributed by atoms with Gasteiger partial charge in [-0.25, -0.2) is 0 Å². The smallest absolute Gasteiger partial charge is 0.321 e. The summed E-state index contributed by atoms with van der Waals surface area (Å²) in [6.45, 7) is 2.96. The van der Waals surface area contributed by atoms with E-state index in [0.717, 1.165) is 5.56 Å². The first kappa shape index (κ1) is 11.7. The molecule has 0 spiro atoms. The van der Waals surface area contributed by atoms with Gasteiger partial charge in [-0.15, -0.1) is 5.92 Å². The number of benzene rings is 1. The molecule has 1 aromatic rings. The van der Waals surface area contributed by atoms with E-state index >= 15 is 0 Å². The minimum Gasteiger partial charge on any atom is -0.480 e. The lowest BCUT2D eigenvalue weighted by Gasteiger charge is -2.32. The van der Waals surface area contributed by atoms with Crippen molar-refractivity contribution >= 4 is 5.97 Å². The Morgan fingerprint density at radius 2 is 2.18 bits per heavy atom. The van der Waals surface area contributed by atoms with Crippen LogP contribution in [0.5, 0.6) is 0 Å². The van der Waals surface area contributed by atoms with Crippen LogP contribution in [-0.2, 0) is 17.8 Å². The molecule has 0 saturated carbocycles. The van der Waals surface area contributed by atoms with Crippen LogP contribution in [0.15, 0.2) is 24.3 Å². The van der Waals surface area contributed by atoms with E-state index in [9.17, 15) is 9.90 Å². The van der Waals surface area contributed by atoms with Gasteiger partial charge in [-0.1, -0.05) is 30.2 Å². The van der Waals surface area contributed by atoms with Crippen LogP contribution in [0.4, 0.5) is 0 Å². The molecule has 0 saturated heterocycles. The second-order valence-electron chi connectivity index (χ2n) is 4.16. The number of nitrogens with zero attached hydrogens (tertiary/aromatic N) is 1. The maximum absolute atomic E-state index is 11.2. The summed E-state index contributed by atoms with van der Waals surface area (Å²) in [6, 6.07) is 7.56. The topological polar surface area (TPSA) is 40.5 Å². The summed E-state index contributed by atoms with van der Waals surface area (Å²) in [4.78, 5) is 13.2. The van der Waals surface area contributed by atoms with Crippen LogP contribution in [0.25, 0.3) is 0 Å². The molecule has 1 N–H and O–H groups in total. The van der Waals surface area contributed by atoms with Gasteiger partial charge in [0, 0.05) is 6.54 Å². The summed E-state index contributed by atoms with van der Waals surface area (Å²) in [5, 5.41) is 9.24. The van der Waals surface area contributed by atoms with Gasteiger partial charge in [-0.3, -0.25) is 9.69 Å². The third-order valence-electron chi connectivity index (χ3n) is 3.09. The van der Waals surface area contributed by atoms with E-state index in [0.29, 0.717) is 19.5 Å². The van der Waals surface area contributed by atoms with E-state index in [1.165, 1.54) is 5.56 Å². The van der Waals surface area contributed by atoms with Crippen LogP contribution in [-0.4, -0.2) is 28.6 Å². The van der Waals surface area contributed by atoms with Gasteiger partial charge >= 0.3 is 5.97 Å². The first-order chi connectivity index (χ1) is 8.22. The molecule has 2 rings (SSSR count). The molecule has 0 bridgehead atoms. The van der Waals surface area contributed by atoms with Gasteiger partial charge in [0.2, 0.25) is 0 Å². The zero-order valence-corrected chi connectivity index (χ0v) is 9.81. The Balaban J connectivity index is 2.26. The number of fused-ring (bicyclic) bond motifs is 1. The Labute approximate surface area is 101 Å². The molecule has 3 nitrogen and oxygen atoms in total. The molecule has 88 valence electrons. The quantitative estimate of drug-likeness (QED) is 0.782. The first-order valence-electron chi connectivity index (χ1n) is 5.65. The van der Waals surface area contributed by atoms with Gasteiger partial charge in [0.25, 0.3) is 0 Å². The van der Waals surface area contributed by atoms with Crippen molar-refractivity contribution in [1.29, 1.82) is 0 Å². The number of aliphatic carboxylic acids is 1. The molecule has 0 aromatic heterocycles. The van der Waals surface area contributed by atoms with Crippen LogP contribution in [0.3, 0.4) is 0 Å². The highest BCUT2D eigenvalue weighted by molar-refractivity contribution is 5.74. The van der Waals surface area contributed by atoms with Crippen molar-refractivity contribution in [3.05, 3.63) is 35.4 Å². The summed E-state index contributed by atoms with van der Waals surface area (Å²) in [5.41, 5.74) is 2.35. The maximum Gasteiger partial charge on any atom is 0.321 e. The third-order valence-corrected chi connectivity index (χ3v) is 3.09. The molecule has 17 heavy (non-hydrogen) atoms. The van der Waals surface area contributed by atoms with E-state index < -0.39 is 12.0 Å². The van der Waals surface area contributed by atoms with Crippen molar-refractivity contribution < 1.29 is 9.90 Å². The second-order valence-corrected chi connectivity index (χ2v) is 4.16. The fraction of sp³-hybridized carbons (Fsp3) is 0.357. The highest BCUT2D eigenvalue weighted by Gasteiger charge is 2.30. The van der Waals surface area contributed by atoms with Crippen LogP contribution >= 0.6 is 0 Å². The molecule has 1 aliphatic rings. The van der Waals surface area contributed by atoms with Gasteiger partial charge in [-0.05, 0) is 24.5 Å². The van der Waals surface area contributed by atoms with E-state index in [1.807, 2.05) is 23.1 Å². The maximum atomic E-state index is 11.2. The monoisotopic (exact) mass is 229 g/mol. The Hall–Kier alpha value is -1.79. The van der Waals surface area contributed by atoms with E-state index in [2.05, 4.69) is 17.9 Å². The first-order valence-corrected chi connectivity index (χ1v) is 5.65. The summed E-state index contributed by atoms with van der Waals surface area (Å²) >= 11 is 0. The van der Waals surface area contributed by atoms with Crippen molar-refractivity contribution in [2.75, 3.05) is 6.54 Å². The SMILES string of the molecule is CC#CCN1Cc2ccccc2C[C@H]1C(=O)O. The normalized spacial score (nSPS) is 19.0. The van der Waals surface area contributed by atoms with Crippen molar-refractivity contribution in [2.45, 2.75) is 25.9 Å². The zero-order chi connectivity index (χ0) is 12.3. The van der Waals surface area contributed by atoms with Crippen LogP contribution in [0, 0.1) is 11.8 Å². The van der Waals surface area contributed by atoms with Crippen LogP contribution in [0.2, 0.25) is 0 Å². The van der Waals surface area contributed by atoms with Gasteiger partial charge in [0.1, 0.15) is 6.04 Å². The van der Waals surface area contributed by atoms with Crippen molar-refractivity contribution in [2.24, 2.45) is 0 Å². The van der Waals surface area contributed by atoms with Crippen LogP contribution in [0.1, 0.15) is 18.1 Å². The predicted octanol–water partition coefficient (Wildman–Crippen LogP) is 1.52. The third kappa shape index (κ3) is 2.48. The fourth-order valence-electron chi connectivity index (χ4n) is 2.17. The predicted molar refractivity (Wildman–Crippen MR) is 65.4 cm³/mol. The van der Waals surface area contributed by atoms with E-state index in [4.69, 9.17) is 0 Å². The van der Waals surface area contributed by atoms with Gasteiger partial charge in [-0.2, -0.15) is 0 Å². The van der Waals surface area contributed by atoms with Gasteiger partial charge in [0.15, 0.2) is 0 Å². The number of hydrogen-bond acceptors (Lipinski definition) is 2. The molecular weight excluding hydrogens is 214 g/mol. The minimum atomic E-state index is -0.766. The molecule has 1 aliphatic heterocycles. The summed E-state index contributed by atoms with van der Waals surface area (Å²) in [5.74, 6) is 4.99. The van der Waals surface area contributed by atoms with E-state index in [-0.39, 0.29) is 0 Å². The average molecular weight is 229 g/mol. The number of carboxylic acids is 1. The Morgan fingerprint density at radius 1 is 1.47 bits per heavy atom. The lowest BCUT2D eigenvalue weighted by atomic mass is 9.94. The van der Waals surface area contributed by atoms with Gasteiger partial charge in [0.05, 0.1) is 6.54 Å². The molecule has 0 amide bonds. The number of hydrogen-bond donors (Lipinski definition) is 1. The van der Waals surface area contributed by atoms with Crippen molar-refractivity contribution in [3.63, 3.8) is 0 Å². The fourth-order valence-corrected chi connectivity index (χ4v) is 2.17. The molecule has 0 aliphatic carbocycles. The molecule has 1 aromatic carbocycles. The highest BCUT2D eigenvalue weighted by Crippen LogP contribution is 2.22. The Morgan fingerprint density at radius 3 is 2.82 bits per heavy atom. The summed E-state index contributed by atoms with van der Waals surface area (Å²) < 4.78 is 0. The standard InChI is InChI=1S/C14H15NO2/c1-2-3-8-15-10-12-7-5-4-6-11(12)9-13(15)14(16)17/h4-7,13H,8-10H2,1H3,(H,16,17)/t13-/m0/s1. The molecule has 0 unspecified atom stereocenters. The summed E-state index contributed by atoms with van der Waals surface area (Å²) in [6.07, 6.45) is 0.566. The van der Waals surface area contributed by atoms with Crippen molar-refractivity contribution in [3.8, 4) is 11.8 Å². The van der Waals surface area contributed by atoms with Crippen molar-refractivity contribution in [1.82, 2.24) is 4.90 Å². The molecule has 1 atom stereocenters. The van der Waals surface area contributed by atoms with E-state index in [1.54, 1.807) is 6.92 Å². The van der Waals surface area contributed by atoms with Crippen LogP contribution < -0.4 is 0 Å². The molecule has 3 heteroatoms. The second kappa shape index (κ2) is 5.03. The largest absolute Gasteiger partial charge is 0.480 e. The lowest BCUT2D eigenvalue weighted by Crippen LogP contribution is -2.45. The Bertz CT molecular complexity index is 484. The zero-order valence-electron chi connectivity index (χ0n) is 9.81. The molecular formula is C14H15NO2. The van der Waals surface area contributed by atoms with Gasteiger partial charge < -0.3 is 5.11 Å². The number of carboxylic acid groups (broad SMARTS) is 1. The lowest BCUT2D eigenvalue weighted by molar-refractivity contribution is -0.143. The average Bonchev–Trinajstić information content (AvgIpc) is 2.35. The number of rotatable bonds is 2. The summed E-state index contributed by atoms with van der Waals surface area (Å²) in [7, 11) is 0. The highest BCUT2D eigenvalue weighted by atomic mass is 16.4.